The van der Waals surface area contributed by atoms with Crippen LogP contribution in [0.5, 0.6) is 0 Å². The predicted molar refractivity (Wildman–Crippen MR) is 79.9 cm³/mol. The van der Waals surface area contributed by atoms with Crippen molar-refractivity contribution in [2.24, 2.45) is 5.92 Å². The predicted octanol–water partition coefficient (Wildman–Crippen LogP) is 2.01. The number of aryl methyl sites for hydroxylation is 1. The molecule has 0 aromatic carbocycles. The van der Waals surface area contributed by atoms with E-state index in [1.165, 1.54) is 0 Å². The summed E-state index contributed by atoms with van der Waals surface area (Å²) in [7, 11) is 0. The number of aliphatic hydroxyl groups excluding tert-OH is 1. The summed E-state index contributed by atoms with van der Waals surface area (Å²) in [5, 5.41) is 13.0. The number of anilines is 1. The maximum atomic E-state index is 12.3. The highest BCUT2D eigenvalue weighted by atomic mass is 16.3. The quantitative estimate of drug-likeness (QED) is 0.865. The zero-order valence-corrected chi connectivity index (χ0v) is 12.4. The van der Waals surface area contributed by atoms with Crippen LogP contribution in [0, 0.1) is 5.92 Å². The van der Waals surface area contributed by atoms with Crippen LogP contribution in [0.4, 0.5) is 5.82 Å². The second kappa shape index (κ2) is 6.39. The number of hydrogen-bond donors (Lipinski definition) is 2. The van der Waals surface area contributed by atoms with Crippen molar-refractivity contribution in [1.82, 2.24) is 9.55 Å². The Morgan fingerprint density at radius 2 is 2.20 bits per heavy atom. The Kier molecular flexibility index (Phi) is 4.81. The zero-order valence-electron chi connectivity index (χ0n) is 12.4. The van der Waals surface area contributed by atoms with Gasteiger partial charge in [0.25, 0.3) is 5.56 Å². The van der Waals surface area contributed by atoms with Gasteiger partial charge in [-0.2, -0.15) is 0 Å². The zero-order chi connectivity index (χ0) is 14.6. The summed E-state index contributed by atoms with van der Waals surface area (Å²) in [5.74, 6) is 1.06. The minimum absolute atomic E-state index is 0.0452. The Morgan fingerprint density at radius 3 is 2.80 bits per heavy atom. The Morgan fingerprint density at radius 1 is 1.50 bits per heavy atom. The SMILES string of the molecule is CCCn1ccnc(NC2(CO)CCC(C)CC2)c1=O. The topological polar surface area (TPSA) is 67.2 Å². The first-order valence-corrected chi connectivity index (χ1v) is 7.55. The Hall–Kier alpha value is -1.36. The Balaban J connectivity index is 2.20. The molecule has 1 heterocycles. The summed E-state index contributed by atoms with van der Waals surface area (Å²) < 4.78 is 1.67. The van der Waals surface area contributed by atoms with Gasteiger partial charge in [-0.05, 0) is 38.0 Å². The third kappa shape index (κ3) is 3.20. The molecule has 2 N–H and O–H groups in total. The fourth-order valence-electron chi connectivity index (χ4n) is 2.84. The van der Waals surface area contributed by atoms with Crippen LogP contribution >= 0.6 is 0 Å². The summed E-state index contributed by atoms with van der Waals surface area (Å²) in [6.07, 6.45) is 8.18. The average molecular weight is 279 g/mol. The van der Waals surface area contributed by atoms with Crippen molar-refractivity contribution in [2.75, 3.05) is 11.9 Å². The van der Waals surface area contributed by atoms with Gasteiger partial charge in [0.2, 0.25) is 0 Å². The molecule has 1 aliphatic rings. The lowest BCUT2D eigenvalue weighted by atomic mass is 9.77. The summed E-state index contributed by atoms with van der Waals surface area (Å²) in [6, 6.07) is 0. The van der Waals surface area contributed by atoms with Gasteiger partial charge in [-0.1, -0.05) is 13.8 Å². The molecule has 1 saturated carbocycles. The molecule has 2 rings (SSSR count). The van der Waals surface area contributed by atoms with E-state index in [0.29, 0.717) is 18.3 Å². The highest BCUT2D eigenvalue weighted by Crippen LogP contribution is 2.33. The fourth-order valence-corrected chi connectivity index (χ4v) is 2.84. The number of hydrogen-bond acceptors (Lipinski definition) is 4. The minimum atomic E-state index is -0.385. The van der Waals surface area contributed by atoms with Gasteiger partial charge in [-0.3, -0.25) is 4.79 Å². The van der Waals surface area contributed by atoms with Crippen molar-refractivity contribution in [1.29, 1.82) is 0 Å². The summed E-state index contributed by atoms with van der Waals surface area (Å²) in [5.41, 5.74) is -0.481. The Labute approximate surface area is 120 Å². The number of aromatic nitrogens is 2. The molecule has 0 aliphatic heterocycles. The van der Waals surface area contributed by atoms with Crippen LogP contribution in [0.3, 0.4) is 0 Å². The highest BCUT2D eigenvalue weighted by Gasteiger charge is 2.34. The first-order valence-electron chi connectivity index (χ1n) is 7.55. The smallest absolute Gasteiger partial charge is 0.293 e. The van der Waals surface area contributed by atoms with Crippen LogP contribution in [-0.4, -0.2) is 26.8 Å². The van der Waals surface area contributed by atoms with E-state index < -0.39 is 0 Å². The van der Waals surface area contributed by atoms with E-state index in [4.69, 9.17) is 0 Å². The maximum absolute atomic E-state index is 12.3. The van der Waals surface area contributed by atoms with E-state index in [1.54, 1.807) is 17.0 Å². The fraction of sp³-hybridized carbons (Fsp3) is 0.733. The van der Waals surface area contributed by atoms with Crippen molar-refractivity contribution in [3.8, 4) is 0 Å². The van der Waals surface area contributed by atoms with Gasteiger partial charge in [-0.15, -0.1) is 0 Å². The maximum Gasteiger partial charge on any atom is 0.293 e. The molecule has 1 aliphatic carbocycles. The van der Waals surface area contributed by atoms with Crippen LogP contribution in [-0.2, 0) is 6.54 Å². The number of rotatable bonds is 5. The lowest BCUT2D eigenvalue weighted by Crippen LogP contribution is -2.47. The molecule has 0 saturated heterocycles. The van der Waals surface area contributed by atoms with Crippen LogP contribution in [0.1, 0.15) is 46.0 Å². The lowest BCUT2D eigenvalue weighted by molar-refractivity contribution is 0.155. The van der Waals surface area contributed by atoms with E-state index in [-0.39, 0.29) is 17.7 Å². The van der Waals surface area contributed by atoms with Crippen molar-refractivity contribution in [2.45, 2.75) is 58.0 Å². The molecule has 0 bridgehead atoms. The molecular formula is C15H25N3O2. The van der Waals surface area contributed by atoms with Crippen LogP contribution in [0.2, 0.25) is 0 Å². The summed E-state index contributed by atoms with van der Waals surface area (Å²) in [4.78, 5) is 16.5. The molecule has 20 heavy (non-hydrogen) atoms. The van der Waals surface area contributed by atoms with Gasteiger partial charge in [-0.25, -0.2) is 4.98 Å². The molecule has 1 fully saturated rings. The minimum Gasteiger partial charge on any atom is -0.394 e. The van der Waals surface area contributed by atoms with E-state index >= 15 is 0 Å². The molecule has 5 heteroatoms. The first kappa shape index (κ1) is 15.0. The molecule has 0 unspecified atom stereocenters. The molecule has 0 spiro atoms. The van der Waals surface area contributed by atoms with Gasteiger partial charge in [0.15, 0.2) is 5.82 Å². The van der Waals surface area contributed by atoms with Gasteiger partial charge in [0.05, 0.1) is 12.1 Å². The van der Waals surface area contributed by atoms with Crippen molar-refractivity contribution in [3.63, 3.8) is 0 Å². The molecule has 0 atom stereocenters. The van der Waals surface area contributed by atoms with Crippen molar-refractivity contribution < 1.29 is 5.11 Å². The van der Waals surface area contributed by atoms with Gasteiger partial charge < -0.3 is 15.0 Å². The third-order valence-electron chi connectivity index (χ3n) is 4.30. The molecule has 5 nitrogen and oxygen atoms in total. The summed E-state index contributed by atoms with van der Waals surface area (Å²) >= 11 is 0. The average Bonchev–Trinajstić information content (AvgIpc) is 2.46. The van der Waals surface area contributed by atoms with E-state index in [9.17, 15) is 9.90 Å². The lowest BCUT2D eigenvalue weighted by Gasteiger charge is -2.38. The van der Waals surface area contributed by atoms with Crippen molar-refractivity contribution in [3.05, 3.63) is 22.7 Å². The Bertz CT molecular complexity index is 490. The largest absolute Gasteiger partial charge is 0.394 e. The van der Waals surface area contributed by atoms with Gasteiger partial charge in [0, 0.05) is 18.9 Å². The van der Waals surface area contributed by atoms with E-state index in [2.05, 4.69) is 17.2 Å². The molecule has 1 aromatic rings. The van der Waals surface area contributed by atoms with Crippen LogP contribution < -0.4 is 10.9 Å². The van der Waals surface area contributed by atoms with Crippen LogP contribution in [0.15, 0.2) is 17.2 Å². The third-order valence-corrected chi connectivity index (χ3v) is 4.30. The molecular weight excluding hydrogens is 254 g/mol. The van der Waals surface area contributed by atoms with Crippen LogP contribution in [0.25, 0.3) is 0 Å². The van der Waals surface area contributed by atoms with Gasteiger partial charge in [0.1, 0.15) is 0 Å². The number of nitrogens with zero attached hydrogens (tertiary/aromatic N) is 2. The normalized spacial score (nSPS) is 26.4. The second-order valence-corrected chi connectivity index (χ2v) is 6.02. The molecule has 1 aromatic heterocycles. The first-order chi connectivity index (χ1) is 9.60. The van der Waals surface area contributed by atoms with E-state index in [0.717, 1.165) is 32.1 Å². The highest BCUT2D eigenvalue weighted by molar-refractivity contribution is 5.35. The monoisotopic (exact) mass is 279 g/mol. The van der Waals surface area contributed by atoms with Crippen molar-refractivity contribution >= 4 is 5.82 Å². The number of aliphatic hydroxyl groups is 1. The molecule has 0 radical (unpaired) electrons. The van der Waals surface area contributed by atoms with E-state index in [1.807, 2.05) is 6.92 Å². The molecule has 0 amide bonds. The summed E-state index contributed by atoms with van der Waals surface area (Å²) in [6.45, 7) is 5.01. The van der Waals surface area contributed by atoms with Gasteiger partial charge >= 0.3 is 0 Å². The standard InChI is InChI=1S/C15H25N3O2/c1-3-9-18-10-8-16-13(14(18)20)17-15(11-19)6-4-12(2)5-7-15/h8,10,12,19H,3-7,9,11H2,1-2H3,(H,16,17). The second-order valence-electron chi connectivity index (χ2n) is 6.02. The molecule has 112 valence electrons. The number of nitrogens with one attached hydrogen (secondary N) is 1.